The summed E-state index contributed by atoms with van der Waals surface area (Å²) < 4.78 is 0. The largest absolute Gasteiger partial charge is 0.334 e. The van der Waals surface area contributed by atoms with Crippen LogP contribution in [0.2, 0.25) is 10.0 Å². The van der Waals surface area contributed by atoms with Crippen molar-refractivity contribution in [2.45, 2.75) is 39.3 Å². The molecule has 0 bridgehead atoms. The van der Waals surface area contributed by atoms with E-state index in [2.05, 4.69) is 36.4 Å². The fourth-order valence-corrected chi connectivity index (χ4v) is 3.23. The SMILES string of the molecule is CC(C)(C)c1csc(CNC(=O)NCc2ccc(Cl)cc2Cl)n1. The number of hydrogen-bond donors (Lipinski definition) is 2. The Hall–Kier alpha value is -1.30. The van der Waals surface area contributed by atoms with Crippen molar-refractivity contribution < 1.29 is 4.79 Å². The zero-order valence-electron chi connectivity index (χ0n) is 13.2. The topological polar surface area (TPSA) is 54.0 Å². The number of nitrogens with one attached hydrogen (secondary N) is 2. The number of amides is 2. The standard InChI is InChI=1S/C16H19Cl2N3OS/c1-16(2,3)13-9-23-14(21-13)8-20-15(22)19-7-10-4-5-11(17)6-12(10)18/h4-6,9H,7-8H2,1-3H3,(H2,19,20,22). The minimum atomic E-state index is -0.261. The van der Waals surface area contributed by atoms with Gasteiger partial charge in [-0.2, -0.15) is 0 Å². The number of rotatable bonds is 4. The number of halogens is 2. The monoisotopic (exact) mass is 371 g/mol. The van der Waals surface area contributed by atoms with Gasteiger partial charge in [0.1, 0.15) is 5.01 Å². The molecule has 0 aliphatic carbocycles. The van der Waals surface area contributed by atoms with Crippen molar-refractivity contribution in [1.82, 2.24) is 15.6 Å². The first-order valence-electron chi connectivity index (χ1n) is 7.16. The number of benzene rings is 1. The lowest BCUT2D eigenvalue weighted by molar-refractivity contribution is 0.240. The summed E-state index contributed by atoms with van der Waals surface area (Å²) in [6.45, 7) is 7.08. The van der Waals surface area contributed by atoms with Crippen LogP contribution in [0, 0.1) is 0 Å². The van der Waals surface area contributed by atoms with Crippen LogP contribution in [0.15, 0.2) is 23.6 Å². The zero-order chi connectivity index (χ0) is 17.0. The lowest BCUT2D eigenvalue weighted by atomic mass is 9.93. The Morgan fingerprint density at radius 3 is 2.52 bits per heavy atom. The van der Waals surface area contributed by atoms with Crippen molar-refractivity contribution in [3.63, 3.8) is 0 Å². The van der Waals surface area contributed by atoms with Crippen molar-refractivity contribution in [3.05, 3.63) is 49.9 Å². The average Bonchev–Trinajstić information content (AvgIpc) is 2.93. The highest BCUT2D eigenvalue weighted by atomic mass is 35.5. The molecule has 1 aromatic carbocycles. The van der Waals surface area contributed by atoms with Gasteiger partial charge in [0.2, 0.25) is 0 Å². The highest BCUT2D eigenvalue weighted by Crippen LogP contribution is 2.24. The number of urea groups is 1. The molecule has 0 spiro atoms. The Balaban J connectivity index is 1.82. The van der Waals surface area contributed by atoms with Gasteiger partial charge in [0, 0.05) is 27.4 Å². The maximum absolute atomic E-state index is 11.9. The molecule has 124 valence electrons. The fraction of sp³-hybridized carbons (Fsp3) is 0.375. The van der Waals surface area contributed by atoms with Crippen LogP contribution in [0.3, 0.4) is 0 Å². The van der Waals surface area contributed by atoms with Gasteiger partial charge >= 0.3 is 6.03 Å². The van der Waals surface area contributed by atoms with Gasteiger partial charge in [0.15, 0.2) is 0 Å². The molecule has 2 aromatic rings. The van der Waals surface area contributed by atoms with Crippen LogP contribution in [0.1, 0.15) is 37.0 Å². The van der Waals surface area contributed by atoms with E-state index in [1.165, 1.54) is 0 Å². The van der Waals surface area contributed by atoms with Gasteiger partial charge in [-0.15, -0.1) is 11.3 Å². The highest BCUT2D eigenvalue weighted by molar-refractivity contribution is 7.09. The maximum Gasteiger partial charge on any atom is 0.315 e. The van der Waals surface area contributed by atoms with Crippen LogP contribution >= 0.6 is 34.5 Å². The number of aromatic nitrogens is 1. The zero-order valence-corrected chi connectivity index (χ0v) is 15.6. The van der Waals surface area contributed by atoms with E-state index in [0.29, 0.717) is 23.1 Å². The predicted octanol–water partition coefficient (Wildman–Crippen LogP) is 4.75. The molecule has 2 N–H and O–H groups in total. The van der Waals surface area contributed by atoms with Crippen molar-refractivity contribution in [3.8, 4) is 0 Å². The smallest absolute Gasteiger partial charge is 0.315 e. The predicted molar refractivity (Wildman–Crippen MR) is 96.4 cm³/mol. The van der Waals surface area contributed by atoms with Crippen LogP contribution in [0.4, 0.5) is 4.79 Å². The molecular formula is C16H19Cl2N3OS. The summed E-state index contributed by atoms with van der Waals surface area (Å²) in [4.78, 5) is 16.4. The second-order valence-electron chi connectivity index (χ2n) is 6.15. The molecule has 7 heteroatoms. The summed E-state index contributed by atoms with van der Waals surface area (Å²) in [5.41, 5.74) is 1.87. The van der Waals surface area contributed by atoms with E-state index in [0.717, 1.165) is 16.3 Å². The molecule has 0 fully saturated rings. The van der Waals surface area contributed by atoms with E-state index < -0.39 is 0 Å². The van der Waals surface area contributed by atoms with Crippen molar-refractivity contribution >= 4 is 40.6 Å². The van der Waals surface area contributed by atoms with Gasteiger partial charge < -0.3 is 10.6 Å². The molecule has 0 unspecified atom stereocenters. The molecule has 0 saturated carbocycles. The highest BCUT2D eigenvalue weighted by Gasteiger charge is 2.17. The third-order valence-electron chi connectivity index (χ3n) is 3.17. The summed E-state index contributed by atoms with van der Waals surface area (Å²) >= 11 is 13.5. The summed E-state index contributed by atoms with van der Waals surface area (Å²) in [7, 11) is 0. The first-order valence-corrected chi connectivity index (χ1v) is 8.80. The normalized spacial score (nSPS) is 11.3. The Morgan fingerprint density at radius 2 is 1.91 bits per heavy atom. The van der Waals surface area contributed by atoms with Gasteiger partial charge in [0.25, 0.3) is 0 Å². The molecule has 2 rings (SSSR count). The lowest BCUT2D eigenvalue weighted by Gasteiger charge is -2.14. The third-order valence-corrected chi connectivity index (χ3v) is 4.61. The molecule has 1 aromatic heterocycles. The van der Waals surface area contributed by atoms with E-state index in [4.69, 9.17) is 23.2 Å². The van der Waals surface area contributed by atoms with E-state index in [1.54, 1.807) is 29.5 Å². The Kier molecular flexibility index (Phi) is 5.89. The molecule has 0 saturated heterocycles. The minimum Gasteiger partial charge on any atom is -0.334 e. The Bertz CT molecular complexity index is 695. The van der Waals surface area contributed by atoms with E-state index >= 15 is 0 Å². The Labute approximate surface area is 150 Å². The van der Waals surface area contributed by atoms with Gasteiger partial charge in [0.05, 0.1) is 12.2 Å². The molecule has 0 atom stereocenters. The fourth-order valence-electron chi connectivity index (χ4n) is 1.80. The molecule has 0 aliphatic rings. The molecule has 0 radical (unpaired) electrons. The average molecular weight is 372 g/mol. The molecular weight excluding hydrogens is 353 g/mol. The number of thiazole rings is 1. The maximum atomic E-state index is 11.9. The number of carbonyl (C=O) groups excluding carboxylic acids is 1. The van der Waals surface area contributed by atoms with Crippen molar-refractivity contribution in [2.24, 2.45) is 0 Å². The van der Waals surface area contributed by atoms with Gasteiger partial charge in [-0.25, -0.2) is 9.78 Å². The van der Waals surface area contributed by atoms with E-state index in [9.17, 15) is 4.79 Å². The first kappa shape index (κ1) is 18.0. The minimum absolute atomic E-state index is 0.0162. The second kappa shape index (κ2) is 7.51. The summed E-state index contributed by atoms with van der Waals surface area (Å²) in [5, 5.41) is 9.58. The van der Waals surface area contributed by atoms with Crippen molar-refractivity contribution in [1.29, 1.82) is 0 Å². The number of hydrogen-bond acceptors (Lipinski definition) is 3. The van der Waals surface area contributed by atoms with Crippen LogP contribution in [-0.4, -0.2) is 11.0 Å². The van der Waals surface area contributed by atoms with Gasteiger partial charge in [-0.1, -0.05) is 50.0 Å². The van der Waals surface area contributed by atoms with Gasteiger partial charge in [-0.3, -0.25) is 0 Å². The molecule has 0 aliphatic heterocycles. The first-order chi connectivity index (χ1) is 10.8. The van der Waals surface area contributed by atoms with E-state index in [-0.39, 0.29) is 11.4 Å². The van der Waals surface area contributed by atoms with Crippen LogP contribution in [-0.2, 0) is 18.5 Å². The van der Waals surface area contributed by atoms with Crippen LogP contribution in [0.5, 0.6) is 0 Å². The second-order valence-corrected chi connectivity index (χ2v) is 7.93. The molecule has 1 heterocycles. The lowest BCUT2D eigenvalue weighted by Crippen LogP contribution is -2.34. The third kappa shape index (κ3) is 5.37. The number of nitrogens with zero attached hydrogens (tertiary/aromatic N) is 1. The van der Waals surface area contributed by atoms with E-state index in [1.807, 2.05) is 5.38 Å². The van der Waals surface area contributed by atoms with Crippen LogP contribution < -0.4 is 10.6 Å². The van der Waals surface area contributed by atoms with Crippen molar-refractivity contribution in [2.75, 3.05) is 0 Å². The number of carbonyl (C=O) groups is 1. The molecule has 23 heavy (non-hydrogen) atoms. The summed E-state index contributed by atoms with van der Waals surface area (Å²) in [5.74, 6) is 0. The van der Waals surface area contributed by atoms with Crippen LogP contribution in [0.25, 0.3) is 0 Å². The summed E-state index contributed by atoms with van der Waals surface area (Å²) in [6, 6.07) is 4.93. The summed E-state index contributed by atoms with van der Waals surface area (Å²) in [6.07, 6.45) is 0. The van der Waals surface area contributed by atoms with Gasteiger partial charge in [-0.05, 0) is 17.7 Å². The quantitative estimate of drug-likeness (QED) is 0.814. The Morgan fingerprint density at radius 1 is 1.22 bits per heavy atom. The molecule has 4 nitrogen and oxygen atoms in total. The molecule has 2 amide bonds.